The molecular weight excluding hydrogens is 320 g/mol. The van der Waals surface area contributed by atoms with Crippen LogP contribution in [0.5, 0.6) is 11.5 Å². The van der Waals surface area contributed by atoms with Gasteiger partial charge in [-0.3, -0.25) is 0 Å². The van der Waals surface area contributed by atoms with Crippen LogP contribution in [0.4, 0.5) is 0 Å². The molecule has 0 radical (unpaired) electrons. The van der Waals surface area contributed by atoms with Gasteiger partial charge in [0.1, 0.15) is 11.5 Å². The molecule has 0 fully saturated rings. The number of rotatable bonds is 8. The van der Waals surface area contributed by atoms with Crippen LogP contribution in [0.15, 0.2) is 65.8 Å². The minimum Gasteiger partial charge on any atom is -0.508 e. The second kappa shape index (κ2) is 9.86. The third-order valence-electron chi connectivity index (χ3n) is 4.55. The summed E-state index contributed by atoms with van der Waals surface area (Å²) in [6.07, 6.45) is 8.59. The SMILES string of the molecule is CC(C)=CCCC(C)=CCc1c(O)cc(CCc2ccccc2)cc1O. The van der Waals surface area contributed by atoms with Crippen LogP contribution in [0, 0.1) is 0 Å². The van der Waals surface area contributed by atoms with Gasteiger partial charge in [-0.1, -0.05) is 53.6 Å². The highest BCUT2D eigenvalue weighted by molar-refractivity contribution is 5.48. The molecule has 0 aliphatic rings. The Morgan fingerprint density at radius 3 is 2.08 bits per heavy atom. The van der Waals surface area contributed by atoms with Crippen LogP contribution in [0.1, 0.15) is 50.3 Å². The number of aryl methyl sites for hydroxylation is 2. The van der Waals surface area contributed by atoms with E-state index in [-0.39, 0.29) is 11.5 Å². The lowest BCUT2D eigenvalue weighted by atomic mass is 9.99. The topological polar surface area (TPSA) is 40.5 Å². The second-order valence-corrected chi connectivity index (χ2v) is 7.17. The first-order valence-corrected chi connectivity index (χ1v) is 9.32. The summed E-state index contributed by atoms with van der Waals surface area (Å²) >= 11 is 0. The normalized spacial score (nSPS) is 11.4. The molecule has 26 heavy (non-hydrogen) atoms. The fourth-order valence-electron chi connectivity index (χ4n) is 2.95. The lowest BCUT2D eigenvalue weighted by molar-refractivity contribution is 0.439. The van der Waals surface area contributed by atoms with E-state index in [0.717, 1.165) is 31.2 Å². The van der Waals surface area contributed by atoms with Crippen molar-refractivity contribution in [3.05, 3.63) is 82.5 Å². The molecule has 2 N–H and O–H groups in total. The van der Waals surface area contributed by atoms with E-state index >= 15 is 0 Å². The molecule has 0 saturated heterocycles. The molecule has 0 aromatic heterocycles. The Labute approximate surface area is 157 Å². The van der Waals surface area contributed by atoms with Crippen LogP contribution in [-0.4, -0.2) is 10.2 Å². The molecule has 0 spiro atoms. The first-order valence-electron chi connectivity index (χ1n) is 9.32. The van der Waals surface area contributed by atoms with Crippen molar-refractivity contribution < 1.29 is 10.2 Å². The lowest BCUT2D eigenvalue weighted by Crippen LogP contribution is -1.94. The van der Waals surface area contributed by atoms with Crippen molar-refractivity contribution >= 4 is 0 Å². The maximum absolute atomic E-state index is 10.3. The Morgan fingerprint density at radius 1 is 0.846 bits per heavy atom. The Kier molecular flexibility index (Phi) is 7.53. The molecule has 0 atom stereocenters. The van der Waals surface area contributed by atoms with Gasteiger partial charge < -0.3 is 10.2 Å². The third-order valence-corrected chi connectivity index (χ3v) is 4.55. The van der Waals surface area contributed by atoms with Gasteiger partial charge in [0.05, 0.1) is 0 Å². The maximum atomic E-state index is 10.3. The molecule has 0 saturated carbocycles. The van der Waals surface area contributed by atoms with Crippen LogP contribution in [0.2, 0.25) is 0 Å². The standard InChI is InChI=1S/C24H30O2/c1-18(2)8-7-9-19(3)12-15-22-23(25)16-21(17-24(22)26)14-13-20-10-5-4-6-11-20/h4-6,8,10-12,16-17,25-26H,7,9,13-15H2,1-3H3. The molecule has 2 heteroatoms. The average molecular weight is 351 g/mol. The van der Waals surface area contributed by atoms with Gasteiger partial charge in [0.15, 0.2) is 0 Å². The second-order valence-electron chi connectivity index (χ2n) is 7.17. The van der Waals surface area contributed by atoms with Crippen LogP contribution < -0.4 is 0 Å². The minimum atomic E-state index is 0.182. The summed E-state index contributed by atoms with van der Waals surface area (Å²) in [7, 11) is 0. The zero-order valence-corrected chi connectivity index (χ0v) is 16.1. The predicted octanol–water partition coefficient (Wildman–Crippen LogP) is 6.12. The number of hydrogen-bond donors (Lipinski definition) is 2. The van der Waals surface area contributed by atoms with Crippen LogP contribution in [-0.2, 0) is 19.3 Å². The highest BCUT2D eigenvalue weighted by Gasteiger charge is 2.09. The van der Waals surface area contributed by atoms with Crippen molar-refractivity contribution in [2.75, 3.05) is 0 Å². The molecule has 0 heterocycles. The zero-order chi connectivity index (χ0) is 18.9. The number of phenols is 2. The average Bonchev–Trinajstić information content (AvgIpc) is 2.60. The van der Waals surface area contributed by atoms with Crippen molar-refractivity contribution in [1.82, 2.24) is 0 Å². The number of phenolic OH excluding ortho intramolecular Hbond substituents is 2. The van der Waals surface area contributed by atoms with Crippen molar-refractivity contribution in [1.29, 1.82) is 0 Å². The third kappa shape index (κ3) is 6.44. The summed E-state index contributed by atoms with van der Waals surface area (Å²) in [5, 5.41) is 20.7. The number of allylic oxidation sites excluding steroid dienone is 4. The molecule has 138 valence electrons. The van der Waals surface area contributed by atoms with E-state index in [1.165, 1.54) is 16.7 Å². The van der Waals surface area contributed by atoms with E-state index in [0.29, 0.717) is 12.0 Å². The van der Waals surface area contributed by atoms with Crippen molar-refractivity contribution in [3.8, 4) is 11.5 Å². The Hall–Kier alpha value is -2.48. The molecule has 0 aliphatic heterocycles. The molecular formula is C24H30O2. The maximum Gasteiger partial charge on any atom is 0.123 e. The largest absolute Gasteiger partial charge is 0.508 e. The fourth-order valence-corrected chi connectivity index (χ4v) is 2.95. The molecule has 2 aromatic rings. The van der Waals surface area contributed by atoms with Crippen molar-refractivity contribution in [2.24, 2.45) is 0 Å². The first kappa shape index (κ1) is 19.8. The fraction of sp³-hybridized carbons (Fsp3) is 0.333. The van der Waals surface area contributed by atoms with E-state index in [1.807, 2.05) is 18.2 Å². The molecule has 0 amide bonds. The molecule has 2 rings (SSSR count). The first-order chi connectivity index (χ1) is 12.5. The van der Waals surface area contributed by atoms with E-state index < -0.39 is 0 Å². The summed E-state index contributed by atoms with van der Waals surface area (Å²) in [5.74, 6) is 0.364. The highest BCUT2D eigenvalue weighted by atomic mass is 16.3. The molecule has 0 unspecified atom stereocenters. The summed E-state index contributed by atoms with van der Waals surface area (Å²) in [4.78, 5) is 0. The van der Waals surface area contributed by atoms with Gasteiger partial charge in [-0.25, -0.2) is 0 Å². The van der Waals surface area contributed by atoms with Gasteiger partial charge in [-0.2, -0.15) is 0 Å². The number of hydrogen-bond acceptors (Lipinski definition) is 2. The minimum absolute atomic E-state index is 0.182. The van der Waals surface area contributed by atoms with Crippen molar-refractivity contribution in [3.63, 3.8) is 0 Å². The molecule has 2 aromatic carbocycles. The van der Waals surface area contributed by atoms with Gasteiger partial charge in [0.25, 0.3) is 0 Å². The van der Waals surface area contributed by atoms with Crippen LogP contribution in [0.3, 0.4) is 0 Å². The quantitative estimate of drug-likeness (QED) is 0.563. The Balaban J connectivity index is 1.99. The van der Waals surface area contributed by atoms with E-state index in [9.17, 15) is 10.2 Å². The predicted molar refractivity (Wildman–Crippen MR) is 110 cm³/mol. The van der Waals surface area contributed by atoms with E-state index in [1.54, 1.807) is 12.1 Å². The Bertz CT molecular complexity index is 743. The van der Waals surface area contributed by atoms with Gasteiger partial charge >= 0.3 is 0 Å². The monoisotopic (exact) mass is 350 g/mol. The van der Waals surface area contributed by atoms with Gasteiger partial charge in [0, 0.05) is 5.56 Å². The van der Waals surface area contributed by atoms with Crippen molar-refractivity contribution in [2.45, 2.75) is 52.9 Å². The number of benzene rings is 2. The molecule has 2 nitrogen and oxygen atoms in total. The summed E-state index contributed by atoms with van der Waals surface area (Å²) < 4.78 is 0. The van der Waals surface area contributed by atoms with Crippen LogP contribution in [0.25, 0.3) is 0 Å². The zero-order valence-electron chi connectivity index (χ0n) is 16.1. The van der Waals surface area contributed by atoms with Gasteiger partial charge in [0.2, 0.25) is 0 Å². The van der Waals surface area contributed by atoms with Gasteiger partial charge in [-0.05, 0) is 76.1 Å². The number of aromatic hydroxyl groups is 2. The lowest BCUT2D eigenvalue weighted by Gasteiger charge is -2.10. The summed E-state index contributed by atoms with van der Waals surface area (Å²) in [5.41, 5.74) is 5.42. The highest BCUT2D eigenvalue weighted by Crippen LogP contribution is 2.30. The Morgan fingerprint density at radius 2 is 1.46 bits per heavy atom. The molecule has 0 aliphatic carbocycles. The van der Waals surface area contributed by atoms with E-state index in [2.05, 4.69) is 45.1 Å². The van der Waals surface area contributed by atoms with E-state index in [4.69, 9.17) is 0 Å². The summed E-state index contributed by atoms with van der Waals surface area (Å²) in [6, 6.07) is 13.8. The smallest absolute Gasteiger partial charge is 0.123 e. The summed E-state index contributed by atoms with van der Waals surface area (Å²) in [6.45, 7) is 6.31. The molecule has 0 bridgehead atoms. The van der Waals surface area contributed by atoms with Crippen LogP contribution >= 0.6 is 0 Å². The van der Waals surface area contributed by atoms with Gasteiger partial charge in [-0.15, -0.1) is 0 Å².